The number of benzene rings is 2. The Balaban J connectivity index is 2.14. The van der Waals surface area contributed by atoms with E-state index in [0.717, 1.165) is 22.3 Å². The van der Waals surface area contributed by atoms with E-state index in [1.807, 2.05) is 12.1 Å². The Labute approximate surface area is 153 Å². The molecule has 2 nitrogen and oxygen atoms in total. The lowest BCUT2D eigenvalue weighted by Crippen LogP contribution is -1.96. The van der Waals surface area contributed by atoms with Crippen LogP contribution in [-0.2, 0) is 0 Å². The van der Waals surface area contributed by atoms with Gasteiger partial charge in [0, 0.05) is 23.5 Å². The molecule has 3 rings (SSSR count). The second-order valence-corrected chi connectivity index (χ2v) is 6.53. The minimum absolute atomic E-state index is 0.462. The van der Waals surface area contributed by atoms with Crippen molar-refractivity contribution in [1.29, 1.82) is 0 Å². The number of nitrogen functional groups attached to an aromatic ring is 1. The molecule has 0 amide bonds. The van der Waals surface area contributed by atoms with Crippen LogP contribution >= 0.6 is 46.4 Å². The maximum Gasteiger partial charge on any atom is 0.0598 e. The molecule has 0 spiro atoms. The number of hydrogen-bond donors (Lipinski definition) is 1. The summed E-state index contributed by atoms with van der Waals surface area (Å²) in [6.45, 7) is 0. The van der Waals surface area contributed by atoms with Crippen LogP contribution in [0.15, 0.2) is 48.8 Å². The zero-order valence-corrected chi connectivity index (χ0v) is 14.7. The van der Waals surface area contributed by atoms with Crippen LogP contribution in [0.1, 0.15) is 0 Å². The van der Waals surface area contributed by atoms with E-state index >= 15 is 0 Å². The summed E-state index contributed by atoms with van der Waals surface area (Å²) in [5, 5.41) is 1.90. The zero-order chi connectivity index (χ0) is 16.6. The van der Waals surface area contributed by atoms with E-state index in [-0.39, 0.29) is 0 Å². The van der Waals surface area contributed by atoms with Gasteiger partial charge in [0.05, 0.1) is 25.8 Å². The molecule has 2 N–H and O–H groups in total. The summed E-state index contributed by atoms with van der Waals surface area (Å²) in [6, 6.07) is 10.7. The van der Waals surface area contributed by atoms with Gasteiger partial charge >= 0.3 is 0 Å². The van der Waals surface area contributed by atoms with Gasteiger partial charge in [0.25, 0.3) is 0 Å². The van der Waals surface area contributed by atoms with Crippen LogP contribution in [0.3, 0.4) is 0 Å². The molecule has 116 valence electrons. The first-order chi connectivity index (χ1) is 11.0. The van der Waals surface area contributed by atoms with Crippen molar-refractivity contribution in [2.75, 3.05) is 5.73 Å². The maximum absolute atomic E-state index is 6.33. The Kier molecular flexibility index (Phi) is 4.69. The quantitative estimate of drug-likeness (QED) is 0.540. The fourth-order valence-electron chi connectivity index (χ4n) is 2.26. The van der Waals surface area contributed by atoms with Crippen molar-refractivity contribution in [3.63, 3.8) is 0 Å². The minimum atomic E-state index is 0.462. The molecule has 0 radical (unpaired) electrons. The van der Waals surface area contributed by atoms with Crippen LogP contribution in [0.25, 0.3) is 22.3 Å². The molecule has 0 unspecified atom stereocenters. The summed E-state index contributed by atoms with van der Waals surface area (Å²) in [5.41, 5.74) is 10.1. The van der Waals surface area contributed by atoms with Crippen LogP contribution in [0.2, 0.25) is 20.1 Å². The first-order valence-electron chi connectivity index (χ1n) is 6.61. The van der Waals surface area contributed by atoms with Gasteiger partial charge in [0.15, 0.2) is 0 Å². The molecular weight excluding hydrogens is 374 g/mol. The van der Waals surface area contributed by atoms with Crippen molar-refractivity contribution in [3.05, 3.63) is 68.9 Å². The van der Waals surface area contributed by atoms with Gasteiger partial charge in [-0.25, -0.2) is 0 Å². The lowest BCUT2D eigenvalue weighted by atomic mass is 9.99. The summed E-state index contributed by atoms with van der Waals surface area (Å²) < 4.78 is 0. The maximum atomic E-state index is 6.33. The van der Waals surface area contributed by atoms with E-state index in [0.29, 0.717) is 25.8 Å². The van der Waals surface area contributed by atoms with Crippen LogP contribution in [0, 0.1) is 0 Å². The fraction of sp³-hybridized carbons (Fsp3) is 0. The van der Waals surface area contributed by atoms with Gasteiger partial charge in [-0.15, -0.1) is 0 Å². The van der Waals surface area contributed by atoms with Crippen molar-refractivity contribution in [2.24, 2.45) is 0 Å². The van der Waals surface area contributed by atoms with Gasteiger partial charge in [-0.05, 0) is 35.4 Å². The molecule has 0 atom stereocenters. The van der Waals surface area contributed by atoms with Gasteiger partial charge in [-0.1, -0.05) is 58.5 Å². The molecule has 0 saturated heterocycles. The molecule has 6 heteroatoms. The average Bonchev–Trinajstić information content (AvgIpc) is 2.53. The normalized spacial score (nSPS) is 10.8. The second-order valence-electron chi connectivity index (χ2n) is 4.91. The molecule has 0 bridgehead atoms. The van der Waals surface area contributed by atoms with Gasteiger partial charge < -0.3 is 5.73 Å². The number of halogens is 4. The molecule has 3 aromatic rings. The monoisotopic (exact) mass is 382 g/mol. The first-order valence-corrected chi connectivity index (χ1v) is 8.13. The van der Waals surface area contributed by atoms with E-state index < -0.39 is 0 Å². The smallest absolute Gasteiger partial charge is 0.0598 e. The molecule has 0 fully saturated rings. The minimum Gasteiger partial charge on any atom is -0.398 e. The van der Waals surface area contributed by atoms with Crippen LogP contribution < -0.4 is 5.73 Å². The third-order valence-electron chi connectivity index (χ3n) is 3.45. The molecule has 1 aromatic heterocycles. The van der Waals surface area contributed by atoms with Crippen molar-refractivity contribution in [1.82, 2.24) is 4.98 Å². The predicted octanol–water partition coefficient (Wildman–Crippen LogP) is 6.61. The van der Waals surface area contributed by atoms with Crippen molar-refractivity contribution < 1.29 is 0 Å². The number of aromatic nitrogens is 1. The molecule has 0 aliphatic heterocycles. The van der Waals surface area contributed by atoms with E-state index in [1.54, 1.807) is 36.7 Å². The Bertz CT molecular complexity index is 824. The topological polar surface area (TPSA) is 38.9 Å². The standard InChI is InChI=1S/C17H10Cl4N2/c18-13-3-1-9(5-15(13)20)11-7-23-8-12(17(11)22)10-2-4-14(19)16(21)6-10/h1-8H,(H2,22,23). The number of pyridine rings is 1. The third-order valence-corrected chi connectivity index (χ3v) is 4.93. The second kappa shape index (κ2) is 6.58. The summed E-state index contributed by atoms with van der Waals surface area (Å²) in [5.74, 6) is 0. The van der Waals surface area contributed by atoms with E-state index in [2.05, 4.69) is 4.98 Å². The van der Waals surface area contributed by atoms with Crippen molar-refractivity contribution in [3.8, 4) is 22.3 Å². The zero-order valence-electron chi connectivity index (χ0n) is 11.7. The summed E-state index contributed by atoms with van der Waals surface area (Å²) >= 11 is 24.1. The lowest BCUT2D eigenvalue weighted by molar-refractivity contribution is 1.33. The van der Waals surface area contributed by atoms with Crippen LogP contribution in [0.5, 0.6) is 0 Å². The van der Waals surface area contributed by atoms with E-state index in [1.165, 1.54) is 0 Å². The van der Waals surface area contributed by atoms with Crippen LogP contribution in [-0.4, -0.2) is 4.98 Å². The number of hydrogen-bond acceptors (Lipinski definition) is 2. The molecule has 1 heterocycles. The fourth-order valence-corrected chi connectivity index (χ4v) is 2.85. The SMILES string of the molecule is Nc1c(-c2ccc(Cl)c(Cl)c2)cncc1-c1ccc(Cl)c(Cl)c1. The third kappa shape index (κ3) is 3.26. The first kappa shape index (κ1) is 16.4. The van der Waals surface area contributed by atoms with Gasteiger partial charge in [-0.3, -0.25) is 4.98 Å². The Morgan fingerprint density at radius 1 is 0.652 bits per heavy atom. The highest BCUT2D eigenvalue weighted by Crippen LogP contribution is 2.37. The number of anilines is 1. The summed E-state index contributed by atoms with van der Waals surface area (Å²) in [4.78, 5) is 4.27. The lowest BCUT2D eigenvalue weighted by Gasteiger charge is -2.12. The van der Waals surface area contributed by atoms with E-state index in [9.17, 15) is 0 Å². The number of rotatable bonds is 2. The van der Waals surface area contributed by atoms with Crippen LogP contribution in [0.4, 0.5) is 5.69 Å². The Morgan fingerprint density at radius 3 is 1.48 bits per heavy atom. The molecular formula is C17H10Cl4N2. The highest BCUT2D eigenvalue weighted by atomic mass is 35.5. The van der Waals surface area contributed by atoms with Crippen molar-refractivity contribution >= 4 is 52.1 Å². The van der Waals surface area contributed by atoms with Gasteiger partial charge in [0.2, 0.25) is 0 Å². The Morgan fingerprint density at radius 2 is 1.09 bits per heavy atom. The van der Waals surface area contributed by atoms with Crippen molar-refractivity contribution in [2.45, 2.75) is 0 Å². The highest BCUT2D eigenvalue weighted by molar-refractivity contribution is 6.42. The highest BCUT2D eigenvalue weighted by Gasteiger charge is 2.12. The molecule has 0 aliphatic rings. The van der Waals surface area contributed by atoms with Gasteiger partial charge in [0.1, 0.15) is 0 Å². The average molecular weight is 384 g/mol. The van der Waals surface area contributed by atoms with E-state index in [4.69, 9.17) is 52.1 Å². The molecule has 23 heavy (non-hydrogen) atoms. The summed E-state index contributed by atoms with van der Waals surface area (Å²) in [6.07, 6.45) is 3.38. The Hall–Kier alpha value is -1.45. The predicted molar refractivity (Wildman–Crippen MR) is 99.6 cm³/mol. The largest absolute Gasteiger partial charge is 0.398 e. The summed E-state index contributed by atoms with van der Waals surface area (Å²) in [7, 11) is 0. The number of nitrogens with two attached hydrogens (primary N) is 1. The van der Waals surface area contributed by atoms with Gasteiger partial charge in [-0.2, -0.15) is 0 Å². The molecule has 2 aromatic carbocycles. The molecule has 0 aliphatic carbocycles. The molecule has 0 saturated carbocycles. The number of nitrogens with zero attached hydrogens (tertiary/aromatic N) is 1.